The highest BCUT2D eigenvalue weighted by Crippen LogP contribution is 2.21. The van der Waals surface area contributed by atoms with Crippen LogP contribution in [0.5, 0.6) is 5.75 Å². The van der Waals surface area contributed by atoms with E-state index in [9.17, 15) is 9.59 Å². The maximum Gasteiger partial charge on any atom is 0.255 e. The third-order valence-corrected chi connectivity index (χ3v) is 5.11. The first-order valence-electron chi connectivity index (χ1n) is 10.6. The number of hydrogen-bond donors (Lipinski definition) is 1. The summed E-state index contributed by atoms with van der Waals surface area (Å²) in [7, 11) is 0. The van der Waals surface area contributed by atoms with Crippen molar-refractivity contribution in [1.29, 1.82) is 0 Å². The van der Waals surface area contributed by atoms with Gasteiger partial charge in [0.1, 0.15) is 5.75 Å². The number of benzene rings is 2. The van der Waals surface area contributed by atoms with Gasteiger partial charge in [-0.15, -0.1) is 0 Å². The van der Waals surface area contributed by atoms with Crippen LogP contribution in [0.2, 0.25) is 0 Å². The number of nitrogens with zero attached hydrogens (tertiary/aromatic N) is 2. The molecular formula is C24H31N3O3. The highest BCUT2D eigenvalue weighted by molar-refractivity contribution is 6.04. The fraction of sp³-hybridized carbons (Fsp3) is 0.417. The molecule has 2 aromatic rings. The molecule has 30 heavy (non-hydrogen) atoms. The molecule has 6 heteroatoms. The van der Waals surface area contributed by atoms with Crippen LogP contribution in [0.4, 0.5) is 11.4 Å². The highest BCUT2D eigenvalue weighted by atomic mass is 16.5. The van der Waals surface area contributed by atoms with Crippen LogP contribution in [-0.2, 0) is 4.79 Å². The minimum absolute atomic E-state index is 0.165. The molecule has 1 aliphatic rings. The Hall–Kier alpha value is -3.02. The number of anilines is 2. The number of nitrogens with one attached hydrogen (secondary N) is 1. The summed E-state index contributed by atoms with van der Waals surface area (Å²) in [5, 5.41) is 2.93. The minimum Gasteiger partial charge on any atom is -0.494 e. The largest absolute Gasteiger partial charge is 0.494 e. The molecule has 160 valence electrons. The van der Waals surface area contributed by atoms with Crippen LogP contribution in [0, 0.1) is 5.92 Å². The predicted octanol–water partition coefficient (Wildman–Crippen LogP) is 4.03. The zero-order valence-corrected chi connectivity index (χ0v) is 18.1. The van der Waals surface area contributed by atoms with Crippen molar-refractivity contribution in [2.75, 3.05) is 43.0 Å². The van der Waals surface area contributed by atoms with E-state index in [4.69, 9.17) is 4.74 Å². The van der Waals surface area contributed by atoms with E-state index in [-0.39, 0.29) is 11.8 Å². The number of amides is 2. The molecule has 1 fully saturated rings. The molecule has 0 bridgehead atoms. The molecule has 1 aliphatic heterocycles. The fourth-order valence-electron chi connectivity index (χ4n) is 3.55. The normalized spacial score (nSPS) is 14.0. The first-order valence-corrected chi connectivity index (χ1v) is 10.6. The number of ether oxygens (including phenoxy) is 1. The fourth-order valence-corrected chi connectivity index (χ4v) is 3.55. The molecule has 0 aromatic heterocycles. The van der Waals surface area contributed by atoms with Crippen LogP contribution >= 0.6 is 0 Å². The van der Waals surface area contributed by atoms with Crippen molar-refractivity contribution in [2.24, 2.45) is 5.92 Å². The van der Waals surface area contributed by atoms with Crippen LogP contribution in [0.25, 0.3) is 0 Å². The van der Waals surface area contributed by atoms with Gasteiger partial charge in [-0.25, -0.2) is 0 Å². The van der Waals surface area contributed by atoms with Gasteiger partial charge >= 0.3 is 0 Å². The standard InChI is InChI=1S/C24H31N3O3/c1-4-30-22-7-5-6-19(17-22)24(29)25-20-8-10-21(11-9-20)26-12-14-27(15-13-26)23(28)16-18(2)3/h5-11,17-18H,4,12-16H2,1-3H3,(H,25,29). The SMILES string of the molecule is CCOc1cccc(C(=O)Nc2ccc(N3CCN(C(=O)CC(C)C)CC3)cc2)c1. The second-order valence-corrected chi connectivity index (χ2v) is 7.93. The second kappa shape index (κ2) is 10.1. The van der Waals surface area contributed by atoms with Crippen LogP contribution in [0.1, 0.15) is 37.6 Å². The third kappa shape index (κ3) is 5.75. The molecule has 0 unspecified atom stereocenters. The summed E-state index contributed by atoms with van der Waals surface area (Å²) in [6.07, 6.45) is 0.613. The topological polar surface area (TPSA) is 61.9 Å². The number of piperazine rings is 1. The Balaban J connectivity index is 1.55. The average molecular weight is 410 g/mol. The number of carbonyl (C=O) groups is 2. The molecule has 2 aromatic carbocycles. The van der Waals surface area contributed by atoms with Crippen molar-refractivity contribution in [3.8, 4) is 5.75 Å². The van der Waals surface area contributed by atoms with Gasteiger partial charge in [-0.1, -0.05) is 19.9 Å². The predicted molar refractivity (Wildman–Crippen MR) is 120 cm³/mol. The molecule has 0 radical (unpaired) electrons. The van der Waals surface area contributed by atoms with E-state index in [0.29, 0.717) is 30.3 Å². The summed E-state index contributed by atoms with van der Waals surface area (Å²) in [6, 6.07) is 15.0. The van der Waals surface area contributed by atoms with Gasteiger partial charge < -0.3 is 19.9 Å². The second-order valence-electron chi connectivity index (χ2n) is 7.93. The highest BCUT2D eigenvalue weighted by Gasteiger charge is 2.21. The van der Waals surface area contributed by atoms with E-state index in [0.717, 1.165) is 37.6 Å². The van der Waals surface area contributed by atoms with Crippen molar-refractivity contribution in [1.82, 2.24) is 4.90 Å². The van der Waals surface area contributed by atoms with Gasteiger partial charge in [-0.3, -0.25) is 9.59 Å². The summed E-state index contributed by atoms with van der Waals surface area (Å²) in [5.41, 5.74) is 2.41. The van der Waals surface area contributed by atoms with E-state index in [2.05, 4.69) is 24.1 Å². The Bertz CT molecular complexity index is 856. The molecule has 1 N–H and O–H groups in total. The van der Waals surface area contributed by atoms with Crippen molar-refractivity contribution in [3.05, 3.63) is 54.1 Å². The molecule has 0 aliphatic carbocycles. The van der Waals surface area contributed by atoms with Crippen LogP contribution in [0.3, 0.4) is 0 Å². The van der Waals surface area contributed by atoms with Crippen LogP contribution < -0.4 is 15.0 Å². The summed E-state index contributed by atoms with van der Waals surface area (Å²) >= 11 is 0. The minimum atomic E-state index is -0.165. The van der Waals surface area contributed by atoms with Crippen molar-refractivity contribution >= 4 is 23.2 Å². The van der Waals surface area contributed by atoms with Gasteiger partial charge in [0.15, 0.2) is 0 Å². The summed E-state index contributed by atoms with van der Waals surface area (Å²) in [5.74, 6) is 1.16. The first-order chi connectivity index (χ1) is 14.5. The number of rotatable bonds is 7. The van der Waals surface area contributed by atoms with Gasteiger partial charge in [-0.05, 0) is 55.3 Å². The summed E-state index contributed by atoms with van der Waals surface area (Å²) < 4.78 is 5.46. The summed E-state index contributed by atoms with van der Waals surface area (Å²) in [6.45, 7) is 9.76. The van der Waals surface area contributed by atoms with Crippen LogP contribution in [0.15, 0.2) is 48.5 Å². The van der Waals surface area contributed by atoms with E-state index in [1.165, 1.54) is 0 Å². The zero-order valence-electron chi connectivity index (χ0n) is 18.1. The van der Waals surface area contributed by atoms with Gasteiger partial charge in [0, 0.05) is 49.5 Å². The Kier molecular flexibility index (Phi) is 7.33. The Morgan fingerprint density at radius 3 is 2.37 bits per heavy atom. The summed E-state index contributed by atoms with van der Waals surface area (Å²) in [4.78, 5) is 29.0. The lowest BCUT2D eigenvalue weighted by Crippen LogP contribution is -2.49. The van der Waals surface area contributed by atoms with E-state index < -0.39 is 0 Å². The first kappa shape index (κ1) is 21.7. The molecule has 0 spiro atoms. The lowest BCUT2D eigenvalue weighted by molar-refractivity contribution is -0.132. The monoisotopic (exact) mass is 409 g/mol. The van der Waals surface area contributed by atoms with Crippen molar-refractivity contribution in [2.45, 2.75) is 27.2 Å². The smallest absolute Gasteiger partial charge is 0.255 e. The van der Waals surface area contributed by atoms with E-state index in [1.54, 1.807) is 12.1 Å². The molecule has 0 saturated carbocycles. The molecule has 2 amide bonds. The van der Waals surface area contributed by atoms with E-state index in [1.807, 2.05) is 48.2 Å². The lowest BCUT2D eigenvalue weighted by atomic mass is 10.1. The van der Waals surface area contributed by atoms with Gasteiger partial charge in [0.05, 0.1) is 6.61 Å². The zero-order chi connectivity index (χ0) is 21.5. The number of carbonyl (C=O) groups excluding carboxylic acids is 2. The van der Waals surface area contributed by atoms with E-state index >= 15 is 0 Å². The Labute approximate surface area is 178 Å². The molecule has 3 rings (SSSR count). The quantitative estimate of drug-likeness (QED) is 0.750. The molecule has 6 nitrogen and oxygen atoms in total. The van der Waals surface area contributed by atoms with Crippen molar-refractivity contribution < 1.29 is 14.3 Å². The maximum absolute atomic E-state index is 12.5. The molecule has 1 saturated heterocycles. The van der Waals surface area contributed by atoms with Crippen LogP contribution in [-0.4, -0.2) is 49.5 Å². The Morgan fingerprint density at radius 1 is 1.03 bits per heavy atom. The number of hydrogen-bond acceptors (Lipinski definition) is 4. The van der Waals surface area contributed by atoms with Gasteiger partial charge in [-0.2, -0.15) is 0 Å². The molecular weight excluding hydrogens is 378 g/mol. The van der Waals surface area contributed by atoms with Gasteiger partial charge in [0.2, 0.25) is 5.91 Å². The Morgan fingerprint density at radius 2 is 1.73 bits per heavy atom. The van der Waals surface area contributed by atoms with Crippen molar-refractivity contribution in [3.63, 3.8) is 0 Å². The maximum atomic E-state index is 12.5. The molecule has 0 atom stereocenters. The lowest BCUT2D eigenvalue weighted by Gasteiger charge is -2.36. The average Bonchev–Trinajstić information content (AvgIpc) is 2.74. The third-order valence-electron chi connectivity index (χ3n) is 5.11. The van der Waals surface area contributed by atoms with Gasteiger partial charge in [0.25, 0.3) is 5.91 Å². The molecule has 1 heterocycles.